The zero-order valence-electron chi connectivity index (χ0n) is 24.0. The van der Waals surface area contributed by atoms with Gasteiger partial charge in [0.2, 0.25) is 0 Å². The standard InChI is InChI=1S/C15H13N5O3.C14H11N5O3/c1-22-13-4-3-5-16-14(13)10-6-11(15(21)23-2)8-12(7-10)20-9-17-18-19-20;1-22-12-3-2-4-15-13(12)9-5-10(14(20)21)7-11(6-9)19-8-16-17-18-19/h3-9H,1-2H3;2-8H,1H3,(H,20,21). The van der Waals surface area contributed by atoms with Gasteiger partial charge in [-0.15, -0.1) is 10.2 Å². The van der Waals surface area contributed by atoms with Crippen molar-refractivity contribution in [3.8, 4) is 45.4 Å². The van der Waals surface area contributed by atoms with Crippen molar-refractivity contribution < 1.29 is 28.9 Å². The monoisotopic (exact) mass is 608 g/mol. The number of benzene rings is 2. The van der Waals surface area contributed by atoms with Gasteiger partial charge in [0.05, 0.1) is 43.8 Å². The second-order valence-electron chi connectivity index (χ2n) is 8.95. The lowest BCUT2D eigenvalue weighted by Crippen LogP contribution is -2.05. The molecule has 0 atom stereocenters. The molecule has 0 saturated heterocycles. The van der Waals surface area contributed by atoms with Crippen LogP contribution < -0.4 is 9.47 Å². The molecule has 4 aromatic heterocycles. The largest absolute Gasteiger partial charge is 0.494 e. The summed E-state index contributed by atoms with van der Waals surface area (Å²) in [7, 11) is 4.42. The SMILES string of the molecule is COC(=O)c1cc(-c2ncccc2OC)cc(-n2cnnn2)c1.COc1cccnc1-c1cc(C(=O)O)cc(-n2cnnn2)c1. The molecule has 0 aliphatic heterocycles. The topological polar surface area (TPSA) is 195 Å². The first-order chi connectivity index (χ1) is 21.9. The van der Waals surface area contributed by atoms with Gasteiger partial charge in [0, 0.05) is 23.5 Å². The molecular formula is C29H24N10O6. The Morgan fingerprint density at radius 1 is 0.689 bits per heavy atom. The van der Waals surface area contributed by atoms with Crippen molar-refractivity contribution in [2.24, 2.45) is 0 Å². The predicted molar refractivity (Wildman–Crippen MR) is 156 cm³/mol. The number of carboxylic acid groups (broad SMARTS) is 1. The van der Waals surface area contributed by atoms with E-state index < -0.39 is 11.9 Å². The van der Waals surface area contributed by atoms with Gasteiger partial charge in [-0.3, -0.25) is 9.97 Å². The third-order valence-electron chi connectivity index (χ3n) is 6.26. The molecule has 0 amide bonds. The summed E-state index contributed by atoms with van der Waals surface area (Å²) in [6, 6.07) is 17.0. The third-order valence-corrected chi connectivity index (χ3v) is 6.26. The average Bonchev–Trinajstić information content (AvgIpc) is 3.84. The normalized spacial score (nSPS) is 10.4. The van der Waals surface area contributed by atoms with Crippen LogP contribution in [0.4, 0.5) is 0 Å². The van der Waals surface area contributed by atoms with E-state index in [2.05, 4.69) is 41.0 Å². The Balaban J connectivity index is 0.000000178. The first kappa shape index (κ1) is 29.9. The molecule has 0 unspecified atom stereocenters. The number of carbonyl (C=O) groups is 2. The molecule has 6 aromatic rings. The molecule has 2 aromatic carbocycles. The molecule has 16 nitrogen and oxygen atoms in total. The highest BCUT2D eigenvalue weighted by Gasteiger charge is 2.16. The van der Waals surface area contributed by atoms with Crippen LogP contribution in [0.1, 0.15) is 20.7 Å². The molecule has 0 spiro atoms. The summed E-state index contributed by atoms with van der Waals surface area (Å²) in [5.41, 5.74) is 4.04. The van der Waals surface area contributed by atoms with E-state index in [1.165, 1.54) is 48.4 Å². The zero-order chi connectivity index (χ0) is 31.8. The quantitative estimate of drug-likeness (QED) is 0.248. The fraction of sp³-hybridized carbons (Fsp3) is 0.103. The van der Waals surface area contributed by atoms with Gasteiger partial charge in [0.25, 0.3) is 0 Å². The summed E-state index contributed by atoms with van der Waals surface area (Å²) < 4.78 is 18.2. The van der Waals surface area contributed by atoms with Crippen molar-refractivity contribution >= 4 is 11.9 Å². The lowest BCUT2D eigenvalue weighted by molar-refractivity contribution is 0.0599. The van der Waals surface area contributed by atoms with Gasteiger partial charge >= 0.3 is 11.9 Å². The van der Waals surface area contributed by atoms with Crippen LogP contribution in [0.15, 0.2) is 85.7 Å². The van der Waals surface area contributed by atoms with Crippen LogP contribution in [0.25, 0.3) is 33.9 Å². The van der Waals surface area contributed by atoms with Gasteiger partial charge in [0.15, 0.2) is 0 Å². The maximum absolute atomic E-state index is 11.9. The smallest absolute Gasteiger partial charge is 0.337 e. The Morgan fingerprint density at radius 2 is 1.18 bits per heavy atom. The molecule has 0 saturated carbocycles. The van der Waals surface area contributed by atoms with Crippen LogP contribution in [0.3, 0.4) is 0 Å². The first-order valence-electron chi connectivity index (χ1n) is 13.0. The van der Waals surface area contributed by atoms with Gasteiger partial charge in [-0.1, -0.05) is 0 Å². The second kappa shape index (κ2) is 13.6. The fourth-order valence-electron chi connectivity index (χ4n) is 4.22. The molecule has 1 N–H and O–H groups in total. The van der Waals surface area contributed by atoms with Gasteiger partial charge in [0.1, 0.15) is 35.5 Å². The molecule has 0 aliphatic carbocycles. The maximum atomic E-state index is 11.9. The van der Waals surface area contributed by atoms with E-state index in [9.17, 15) is 14.7 Å². The minimum Gasteiger partial charge on any atom is -0.494 e. The summed E-state index contributed by atoms with van der Waals surface area (Å²) >= 11 is 0. The number of ether oxygens (including phenoxy) is 3. The van der Waals surface area contributed by atoms with Gasteiger partial charge in [-0.2, -0.15) is 0 Å². The van der Waals surface area contributed by atoms with Gasteiger partial charge in [-0.25, -0.2) is 19.0 Å². The van der Waals surface area contributed by atoms with Crippen LogP contribution >= 0.6 is 0 Å². The summed E-state index contributed by atoms with van der Waals surface area (Å²) in [5.74, 6) is -0.368. The van der Waals surface area contributed by atoms with Gasteiger partial charge in [-0.05, 0) is 81.5 Å². The number of tetrazole rings is 2. The number of pyridine rings is 2. The van der Waals surface area contributed by atoms with Crippen molar-refractivity contribution in [1.29, 1.82) is 0 Å². The number of methoxy groups -OCH3 is 3. The Labute approximate surface area is 254 Å². The summed E-state index contributed by atoms with van der Waals surface area (Å²) in [4.78, 5) is 31.9. The van der Waals surface area contributed by atoms with Crippen molar-refractivity contribution in [3.63, 3.8) is 0 Å². The Morgan fingerprint density at radius 3 is 1.60 bits per heavy atom. The highest BCUT2D eigenvalue weighted by Crippen LogP contribution is 2.31. The molecular weight excluding hydrogens is 584 g/mol. The summed E-state index contributed by atoms with van der Waals surface area (Å²) in [6.45, 7) is 0. The number of aromatic carboxylic acids is 1. The number of hydrogen-bond acceptors (Lipinski definition) is 13. The molecule has 0 fully saturated rings. The first-order valence-corrected chi connectivity index (χ1v) is 13.0. The van der Waals surface area contributed by atoms with Crippen LogP contribution in [-0.4, -0.2) is 88.8 Å². The third kappa shape index (κ3) is 6.75. The molecule has 4 heterocycles. The zero-order valence-corrected chi connectivity index (χ0v) is 24.0. The van der Waals surface area contributed by atoms with E-state index >= 15 is 0 Å². The Kier molecular flexibility index (Phi) is 9.03. The Bertz CT molecular complexity index is 1930. The summed E-state index contributed by atoms with van der Waals surface area (Å²) in [6.07, 6.45) is 6.09. The minimum absolute atomic E-state index is 0.107. The van der Waals surface area contributed by atoms with E-state index in [1.54, 1.807) is 62.0 Å². The van der Waals surface area contributed by atoms with Crippen LogP contribution in [0, 0.1) is 0 Å². The van der Waals surface area contributed by atoms with Crippen molar-refractivity contribution in [2.45, 2.75) is 0 Å². The molecule has 45 heavy (non-hydrogen) atoms. The van der Waals surface area contributed by atoms with E-state index in [0.29, 0.717) is 51.0 Å². The lowest BCUT2D eigenvalue weighted by Gasteiger charge is -2.10. The molecule has 0 aliphatic rings. The number of nitrogens with zero attached hydrogens (tertiary/aromatic N) is 10. The molecule has 226 valence electrons. The van der Waals surface area contributed by atoms with E-state index in [-0.39, 0.29) is 5.56 Å². The molecule has 0 radical (unpaired) electrons. The number of carboxylic acids is 1. The average molecular weight is 609 g/mol. The number of carbonyl (C=O) groups excluding carboxylic acids is 1. The van der Waals surface area contributed by atoms with E-state index in [0.717, 1.165) is 0 Å². The summed E-state index contributed by atoms with van der Waals surface area (Å²) in [5, 5.41) is 31.2. The van der Waals surface area contributed by atoms with E-state index in [4.69, 9.17) is 14.2 Å². The van der Waals surface area contributed by atoms with Crippen molar-refractivity contribution in [2.75, 3.05) is 21.3 Å². The number of rotatable bonds is 8. The highest BCUT2D eigenvalue weighted by molar-refractivity contribution is 5.92. The Hall–Kier alpha value is -6.58. The van der Waals surface area contributed by atoms with Crippen LogP contribution in [0.5, 0.6) is 11.5 Å². The minimum atomic E-state index is -1.05. The lowest BCUT2D eigenvalue weighted by atomic mass is 10.1. The van der Waals surface area contributed by atoms with Crippen molar-refractivity contribution in [1.82, 2.24) is 50.4 Å². The van der Waals surface area contributed by atoms with Crippen LogP contribution in [-0.2, 0) is 4.74 Å². The fourth-order valence-corrected chi connectivity index (χ4v) is 4.22. The highest BCUT2D eigenvalue weighted by atomic mass is 16.5. The van der Waals surface area contributed by atoms with Gasteiger partial charge < -0.3 is 19.3 Å². The molecule has 0 bridgehead atoms. The predicted octanol–water partition coefficient (Wildman–Crippen LogP) is 2.95. The van der Waals surface area contributed by atoms with Crippen molar-refractivity contribution in [3.05, 3.63) is 96.8 Å². The number of hydrogen-bond donors (Lipinski definition) is 1. The van der Waals surface area contributed by atoms with Crippen LogP contribution in [0.2, 0.25) is 0 Å². The second-order valence-corrected chi connectivity index (χ2v) is 8.95. The number of esters is 1. The molecule has 6 rings (SSSR count). The van der Waals surface area contributed by atoms with E-state index in [1.807, 2.05) is 6.07 Å². The molecule has 16 heteroatoms. The number of aromatic nitrogens is 10. The maximum Gasteiger partial charge on any atom is 0.337 e.